The van der Waals surface area contributed by atoms with Crippen molar-refractivity contribution in [3.63, 3.8) is 0 Å². The normalized spacial score (nSPS) is 10.2. The molecule has 0 atom stereocenters. The molecule has 0 aliphatic heterocycles. The maximum Gasteiger partial charge on any atom is 0.255 e. The molecule has 0 radical (unpaired) electrons. The Morgan fingerprint density at radius 3 is 2.88 bits per heavy atom. The van der Waals surface area contributed by atoms with Crippen LogP contribution in [0.5, 0.6) is 0 Å². The van der Waals surface area contributed by atoms with Crippen molar-refractivity contribution in [3.8, 4) is 0 Å². The molecule has 0 saturated heterocycles. The van der Waals surface area contributed by atoms with E-state index in [9.17, 15) is 9.18 Å². The van der Waals surface area contributed by atoms with Gasteiger partial charge >= 0.3 is 0 Å². The van der Waals surface area contributed by atoms with Crippen molar-refractivity contribution in [2.45, 2.75) is 6.54 Å². The van der Waals surface area contributed by atoms with Gasteiger partial charge < -0.3 is 4.90 Å². The van der Waals surface area contributed by atoms with Gasteiger partial charge in [0, 0.05) is 18.6 Å². The first-order valence-corrected chi connectivity index (χ1v) is 5.85. The molecule has 88 valence electrons. The topological polar surface area (TPSA) is 46.1 Å². The maximum atomic E-state index is 12.6. The average molecular weight is 251 g/mol. The number of thiazole rings is 1. The predicted octanol–water partition coefficient (Wildman–Crippen LogP) is 1.95. The van der Waals surface area contributed by atoms with Gasteiger partial charge in [-0.2, -0.15) is 4.39 Å². The molecule has 0 aliphatic rings. The lowest BCUT2D eigenvalue weighted by Gasteiger charge is -2.15. The van der Waals surface area contributed by atoms with Crippen molar-refractivity contribution in [1.82, 2.24) is 14.9 Å². The summed E-state index contributed by atoms with van der Waals surface area (Å²) in [6, 6.07) is 2.59. The lowest BCUT2D eigenvalue weighted by atomic mass is 10.2. The Kier molecular flexibility index (Phi) is 3.43. The molecule has 0 unspecified atom stereocenters. The van der Waals surface area contributed by atoms with Crippen LogP contribution in [0.3, 0.4) is 0 Å². The summed E-state index contributed by atoms with van der Waals surface area (Å²) in [5, 5.41) is 1.88. The molecule has 2 aromatic rings. The van der Waals surface area contributed by atoms with Crippen molar-refractivity contribution in [2.24, 2.45) is 0 Å². The van der Waals surface area contributed by atoms with Crippen LogP contribution in [-0.4, -0.2) is 27.8 Å². The number of carbonyl (C=O) groups is 1. The van der Waals surface area contributed by atoms with E-state index in [4.69, 9.17) is 0 Å². The first kappa shape index (κ1) is 11.7. The van der Waals surface area contributed by atoms with Crippen LogP contribution < -0.4 is 0 Å². The Labute approximate surface area is 102 Å². The SMILES string of the molecule is CN(Cc1cscn1)C(=O)c1ccc(F)nc1. The molecule has 4 nitrogen and oxygen atoms in total. The summed E-state index contributed by atoms with van der Waals surface area (Å²) in [6.45, 7) is 0.430. The van der Waals surface area contributed by atoms with Gasteiger partial charge in [-0.1, -0.05) is 0 Å². The van der Waals surface area contributed by atoms with Gasteiger partial charge in [0.15, 0.2) is 0 Å². The van der Waals surface area contributed by atoms with Crippen LogP contribution in [0.1, 0.15) is 16.1 Å². The van der Waals surface area contributed by atoms with E-state index in [0.717, 1.165) is 5.69 Å². The minimum absolute atomic E-state index is 0.203. The fourth-order valence-corrected chi connectivity index (χ4v) is 1.90. The number of rotatable bonds is 3. The third-order valence-corrected chi connectivity index (χ3v) is 2.84. The van der Waals surface area contributed by atoms with Gasteiger partial charge in [-0.25, -0.2) is 9.97 Å². The highest BCUT2D eigenvalue weighted by Gasteiger charge is 2.13. The summed E-state index contributed by atoms with van der Waals surface area (Å²) in [6.07, 6.45) is 1.23. The fraction of sp³-hybridized carbons (Fsp3) is 0.182. The number of halogens is 1. The highest BCUT2D eigenvalue weighted by Crippen LogP contribution is 2.08. The van der Waals surface area contributed by atoms with Crippen molar-refractivity contribution < 1.29 is 9.18 Å². The smallest absolute Gasteiger partial charge is 0.255 e. The number of amides is 1. The lowest BCUT2D eigenvalue weighted by Crippen LogP contribution is -2.26. The zero-order chi connectivity index (χ0) is 12.3. The quantitative estimate of drug-likeness (QED) is 0.783. The van der Waals surface area contributed by atoms with Crippen molar-refractivity contribution >= 4 is 17.2 Å². The zero-order valence-electron chi connectivity index (χ0n) is 9.13. The second-order valence-corrected chi connectivity index (χ2v) is 4.23. The Morgan fingerprint density at radius 2 is 2.29 bits per heavy atom. The van der Waals surface area contributed by atoms with Crippen molar-refractivity contribution in [1.29, 1.82) is 0 Å². The van der Waals surface area contributed by atoms with Gasteiger partial charge in [0.2, 0.25) is 5.95 Å². The molecule has 0 aromatic carbocycles. The molecule has 17 heavy (non-hydrogen) atoms. The first-order valence-electron chi connectivity index (χ1n) is 4.91. The summed E-state index contributed by atoms with van der Waals surface area (Å²) >= 11 is 1.48. The molecule has 0 aliphatic carbocycles. The average Bonchev–Trinajstić information content (AvgIpc) is 2.82. The van der Waals surface area contributed by atoms with Crippen LogP contribution in [-0.2, 0) is 6.54 Å². The predicted molar refractivity (Wildman–Crippen MR) is 62.1 cm³/mol. The third kappa shape index (κ3) is 2.85. The molecular weight excluding hydrogens is 241 g/mol. The summed E-state index contributed by atoms with van der Waals surface area (Å²) in [5.41, 5.74) is 2.91. The van der Waals surface area contributed by atoms with Gasteiger partial charge in [-0.3, -0.25) is 4.79 Å². The largest absolute Gasteiger partial charge is 0.336 e. The van der Waals surface area contributed by atoms with E-state index in [1.807, 2.05) is 5.38 Å². The van der Waals surface area contributed by atoms with E-state index in [0.29, 0.717) is 12.1 Å². The van der Waals surface area contributed by atoms with Crippen LogP contribution in [0.15, 0.2) is 29.2 Å². The highest BCUT2D eigenvalue weighted by atomic mass is 32.1. The van der Waals surface area contributed by atoms with Gasteiger partial charge in [0.25, 0.3) is 5.91 Å². The maximum absolute atomic E-state index is 12.6. The molecule has 2 rings (SSSR count). The second-order valence-electron chi connectivity index (χ2n) is 3.51. The Hall–Kier alpha value is -1.82. The molecule has 0 bridgehead atoms. The second kappa shape index (κ2) is 5.01. The number of carbonyl (C=O) groups excluding carboxylic acids is 1. The molecule has 2 heterocycles. The monoisotopic (exact) mass is 251 g/mol. The summed E-state index contributed by atoms with van der Waals surface area (Å²) in [5.74, 6) is -0.797. The van der Waals surface area contributed by atoms with E-state index in [1.165, 1.54) is 34.6 Å². The zero-order valence-corrected chi connectivity index (χ0v) is 9.95. The lowest BCUT2D eigenvalue weighted by molar-refractivity contribution is 0.0783. The van der Waals surface area contributed by atoms with Crippen LogP contribution in [0.25, 0.3) is 0 Å². The summed E-state index contributed by atoms with van der Waals surface area (Å²) < 4.78 is 12.6. The molecule has 0 saturated carbocycles. The van der Waals surface area contributed by atoms with Crippen molar-refractivity contribution in [2.75, 3.05) is 7.05 Å². The van der Waals surface area contributed by atoms with Crippen LogP contribution in [0.4, 0.5) is 4.39 Å². The summed E-state index contributed by atoms with van der Waals surface area (Å²) in [7, 11) is 1.67. The fourth-order valence-electron chi connectivity index (χ4n) is 1.35. The first-order chi connectivity index (χ1) is 8.16. The number of pyridine rings is 1. The van der Waals surface area contributed by atoms with E-state index in [-0.39, 0.29) is 5.91 Å². The molecule has 0 spiro atoms. The highest BCUT2D eigenvalue weighted by molar-refractivity contribution is 7.07. The summed E-state index contributed by atoms with van der Waals surface area (Å²) in [4.78, 5) is 21.0. The molecular formula is C11H10FN3OS. The minimum atomic E-state index is -0.594. The number of hydrogen-bond acceptors (Lipinski definition) is 4. The molecule has 6 heteroatoms. The minimum Gasteiger partial charge on any atom is -0.336 e. The van der Waals surface area contributed by atoms with E-state index in [1.54, 1.807) is 12.6 Å². The number of nitrogens with zero attached hydrogens (tertiary/aromatic N) is 3. The van der Waals surface area contributed by atoms with E-state index in [2.05, 4.69) is 9.97 Å². The Morgan fingerprint density at radius 1 is 1.47 bits per heavy atom. The van der Waals surface area contributed by atoms with Crippen LogP contribution >= 0.6 is 11.3 Å². The van der Waals surface area contributed by atoms with Gasteiger partial charge in [0.05, 0.1) is 23.3 Å². The number of aromatic nitrogens is 2. The molecule has 1 amide bonds. The van der Waals surface area contributed by atoms with Gasteiger partial charge in [0.1, 0.15) is 0 Å². The van der Waals surface area contributed by atoms with Crippen molar-refractivity contribution in [3.05, 3.63) is 46.4 Å². The standard InChI is InChI=1S/C11H10FN3OS/c1-15(5-9-6-17-7-14-9)11(16)8-2-3-10(12)13-4-8/h2-4,6-7H,5H2,1H3. The van der Waals surface area contributed by atoms with E-state index >= 15 is 0 Å². The Balaban J connectivity index is 2.07. The number of hydrogen-bond donors (Lipinski definition) is 0. The molecule has 0 fully saturated rings. The third-order valence-electron chi connectivity index (χ3n) is 2.20. The molecule has 2 aromatic heterocycles. The Bertz CT molecular complexity index is 498. The van der Waals surface area contributed by atoms with Crippen LogP contribution in [0, 0.1) is 5.95 Å². The van der Waals surface area contributed by atoms with E-state index < -0.39 is 5.95 Å². The van der Waals surface area contributed by atoms with Crippen LogP contribution in [0.2, 0.25) is 0 Å². The van der Waals surface area contributed by atoms with Gasteiger partial charge in [-0.15, -0.1) is 11.3 Å². The van der Waals surface area contributed by atoms with Gasteiger partial charge in [-0.05, 0) is 12.1 Å². The molecule has 0 N–H and O–H groups in total.